The summed E-state index contributed by atoms with van der Waals surface area (Å²) in [6.07, 6.45) is 2.01. The normalized spacial score (nSPS) is 13.6. The standard InChI is InChI=1S/C18H19NO4/c1-11-16-13(20)7-5-9-15(16)23-17(11)18(21)19-10-12-6-3-4-8-14(12)22-2/h3-4,6,8H,5,7,9-10H2,1-2H3,(H,19,21). The molecule has 23 heavy (non-hydrogen) atoms. The molecular weight excluding hydrogens is 294 g/mol. The summed E-state index contributed by atoms with van der Waals surface area (Å²) in [6.45, 7) is 2.10. The Bertz CT molecular complexity index is 760. The minimum absolute atomic E-state index is 0.0660. The summed E-state index contributed by atoms with van der Waals surface area (Å²) in [6, 6.07) is 7.50. The summed E-state index contributed by atoms with van der Waals surface area (Å²) in [4.78, 5) is 24.4. The lowest BCUT2D eigenvalue weighted by molar-refractivity contribution is 0.0916. The predicted octanol–water partition coefficient (Wildman–Crippen LogP) is 3.05. The van der Waals surface area contributed by atoms with Crippen LogP contribution >= 0.6 is 0 Å². The zero-order valence-corrected chi connectivity index (χ0v) is 13.3. The van der Waals surface area contributed by atoms with E-state index in [1.807, 2.05) is 24.3 Å². The van der Waals surface area contributed by atoms with Crippen LogP contribution in [0.25, 0.3) is 0 Å². The number of carbonyl (C=O) groups is 2. The summed E-state index contributed by atoms with van der Waals surface area (Å²) in [7, 11) is 1.59. The van der Waals surface area contributed by atoms with E-state index in [0.717, 1.165) is 17.7 Å². The Hall–Kier alpha value is -2.56. The summed E-state index contributed by atoms with van der Waals surface area (Å²) in [5.41, 5.74) is 2.12. The number of methoxy groups -OCH3 is 1. The van der Waals surface area contributed by atoms with Crippen LogP contribution in [0, 0.1) is 6.92 Å². The van der Waals surface area contributed by atoms with E-state index in [2.05, 4.69) is 5.32 Å². The van der Waals surface area contributed by atoms with Gasteiger partial charge >= 0.3 is 0 Å². The molecule has 5 heteroatoms. The number of ketones is 1. The van der Waals surface area contributed by atoms with Gasteiger partial charge in [-0.3, -0.25) is 9.59 Å². The van der Waals surface area contributed by atoms with E-state index in [4.69, 9.17) is 9.15 Å². The summed E-state index contributed by atoms with van der Waals surface area (Å²) >= 11 is 0. The number of rotatable bonds is 4. The zero-order chi connectivity index (χ0) is 16.4. The summed E-state index contributed by atoms with van der Waals surface area (Å²) < 4.78 is 10.9. The van der Waals surface area contributed by atoms with Crippen LogP contribution in [0.1, 0.15) is 50.6 Å². The number of benzene rings is 1. The van der Waals surface area contributed by atoms with Gasteiger partial charge in [0.25, 0.3) is 5.91 Å². The summed E-state index contributed by atoms with van der Waals surface area (Å²) in [5.74, 6) is 1.35. The minimum Gasteiger partial charge on any atom is -0.496 e. The Morgan fingerprint density at radius 2 is 2.09 bits per heavy atom. The van der Waals surface area contributed by atoms with Crippen LogP contribution < -0.4 is 10.1 Å². The van der Waals surface area contributed by atoms with Crippen LogP contribution in [0.15, 0.2) is 28.7 Å². The molecule has 1 aliphatic rings. The highest BCUT2D eigenvalue weighted by atomic mass is 16.5. The van der Waals surface area contributed by atoms with E-state index in [9.17, 15) is 9.59 Å². The van der Waals surface area contributed by atoms with Gasteiger partial charge in [-0.2, -0.15) is 0 Å². The molecule has 0 aliphatic heterocycles. The molecule has 0 bridgehead atoms. The lowest BCUT2D eigenvalue weighted by atomic mass is 9.94. The van der Waals surface area contributed by atoms with E-state index in [-0.39, 0.29) is 17.5 Å². The number of para-hydroxylation sites is 1. The molecule has 1 heterocycles. The highest BCUT2D eigenvalue weighted by Crippen LogP contribution is 2.29. The maximum Gasteiger partial charge on any atom is 0.287 e. The molecule has 0 atom stereocenters. The fourth-order valence-electron chi connectivity index (χ4n) is 2.97. The number of Topliss-reactive ketones (excluding diaryl/α,β-unsaturated/α-hetero) is 1. The van der Waals surface area contributed by atoms with Crippen molar-refractivity contribution in [2.24, 2.45) is 0 Å². The van der Waals surface area contributed by atoms with Crippen molar-refractivity contribution < 1.29 is 18.7 Å². The fourth-order valence-corrected chi connectivity index (χ4v) is 2.97. The van der Waals surface area contributed by atoms with Crippen molar-refractivity contribution in [3.63, 3.8) is 0 Å². The molecule has 0 unspecified atom stereocenters. The summed E-state index contributed by atoms with van der Waals surface area (Å²) in [5, 5.41) is 2.83. The number of amides is 1. The molecule has 1 aliphatic carbocycles. The zero-order valence-electron chi connectivity index (χ0n) is 13.3. The Kier molecular flexibility index (Phi) is 4.19. The second-order valence-electron chi connectivity index (χ2n) is 5.63. The average Bonchev–Trinajstić information content (AvgIpc) is 2.91. The minimum atomic E-state index is -0.310. The van der Waals surface area contributed by atoms with Crippen molar-refractivity contribution in [2.45, 2.75) is 32.7 Å². The third-order valence-electron chi connectivity index (χ3n) is 4.14. The first-order valence-electron chi connectivity index (χ1n) is 7.67. The third-order valence-corrected chi connectivity index (χ3v) is 4.14. The molecule has 1 aromatic carbocycles. The number of hydrogen-bond acceptors (Lipinski definition) is 4. The van der Waals surface area contributed by atoms with E-state index >= 15 is 0 Å². The number of nitrogens with one attached hydrogen (secondary N) is 1. The van der Waals surface area contributed by atoms with Crippen LogP contribution in [0.2, 0.25) is 0 Å². The first kappa shape index (κ1) is 15.3. The maximum atomic E-state index is 12.4. The Morgan fingerprint density at radius 1 is 1.30 bits per heavy atom. The van der Waals surface area contributed by atoms with Gasteiger partial charge in [0.2, 0.25) is 0 Å². The molecule has 5 nitrogen and oxygen atoms in total. The largest absolute Gasteiger partial charge is 0.496 e. The van der Waals surface area contributed by atoms with E-state index in [1.165, 1.54) is 0 Å². The Morgan fingerprint density at radius 3 is 2.83 bits per heavy atom. The monoisotopic (exact) mass is 313 g/mol. The van der Waals surface area contributed by atoms with Crippen molar-refractivity contribution in [3.8, 4) is 5.75 Å². The van der Waals surface area contributed by atoms with Gasteiger partial charge < -0.3 is 14.5 Å². The average molecular weight is 313 g/mol. The molecular formula is C18H19NO4. The van der Waals surface area contributed by atoms with Crippen molar-refractivity contribution in [2.75, 3.05) is 7.11 Å². The number of hydrogen-bond donors (Lipinski definition) is 1. The topological polar surface area (TPSA) is 68.5 Å². The second kappa shape index (κ2) is 6.28. The molecule has 0 radical (unpaired) electrons. The van der Waals surface area contributed by atoms with Crippen molar-refractivity contribution >= 4 is 11.7 Å². The molecule has 120 valence electrons. The van der Waals surface area contributed by atoms with Gasteiger partial charge in [0.15, 0.2) is 11.5 Å². The molecule has 1 aromatic heterocycles. The van der Waals surface area contributed by atoms with Gasteiger partial charge in [-0.05, 0) is 19.4 Å². The Balaban J connectivity index is 1.78. The number of aryl methyl sites for hydroxylation is 1. The number of ether oxygens (including phenoxy) is 1. The molecule has 1 amide bonds. The molecule has 3 rings (SSSR count). The molecule has 0 saturated heterocycles. The fraction of sp³-hybridized carbons (Fsp3) is 0.333. The van der Waals surface area contributed by atoms with Gasteiger partial charge in [0, 0.05) is 30.5 Å². The molecule has 0 fully saturated rings. The van der Waals surface area contributed by atoms with Crippen LogP contribution in [-0.2, 0) is 13.0 Å². The van der Waals surface area contributed by atoms with E-state index in [1.54, 1.807) is 14.0 Å². The number of carbonyl (C=O) groups excluding carboxylic acids is 2. The molecule has 0 saturated carbocycles. The quantitative estimate of drug-likeness (QED) is 0.942. The van der Waals surface area contributed by atoms with Crippen LogP contribution in [-0.4, -0.2) is 18.8 Å². The van der Waals surface area contributed by atoms with Crippen LogP contribution in [0.3, 0.4) is 0 Å². The van der Waals surface area contributed by atoms with E-state index < -0.39 is 0 Å². The first-order valence-corrected chi connectivity index (χ1v) is 7.67. The van der Waals surface area contributed by atoms with Crippen LogP contribution in [0.4, 0.5) is 0 Å². The van der Waals surface area contributed by atoms with Gasteiger partial charge in [-0.1, -0.05) is 18.2 Å². The SMILES string of the molecule is COc1ccccc1CNC(=O)c1oc2c(c1C)C(=O)CCC2. The molecule has 1 N–H and O–H groups in total. The van der Waals surface area contributed by atoms with Gasteiger partial charge in [-0.25, -0.2) is 0 Å². The van der Waals surface area contributed by atoms with Crippen molar-refractivity contribution in [1.29, 1.82) is 0 Å². The van der Waals surface area contributed by atoms with Crippen LogP contribution in [0.5, 0.6) is 5.75 Å². The predicted molar refractivity (Wildman–Crippen MR) is 84.9 cm³/mol. The van der Waals surface area contributed by atoms with Gasteiger partial charge in [-0.15, -0.1) is 0 Å². The van der Waals surface area contributed by atoms with Gasteiger partial charge in [0.05, 0.1) is 12.7 Å². The number of furan rings is 1. The Labute approximate surface area is 134 Å². The smallest absolute Gasteiger partial charge is 0.287 e. The van der Waals surface area contributed by atoms with Gasteiger partial charge in [0.1, 0.15) is 11.5 Å². The molecule has 2 aromatic rings. The first-order chi connectivity index (χ1) is 11.1. The highest BCUT2D eigenvalue weighted by Gasteiger charge is 2.28. The second-order valence-corrected chi connectivity index (χ2v) is 5.63. The lowest BCUT2D eigenvalue weighted by Gasteiger charge is -2.09. The van der Waals surface area contributed by atoms with Crippen molar-refractivity contribution in [3.05, 3.63) is 52.5 Å². The third kappa shape index (κ3) is 2.86. The lowest BCUT2D eigenvalue weighted by Crippen LogP contribution is -2.23. The van der Waals surface area contributed by atoms with Crippen molar-refractivity contribution in [1.82, 2.24) is 5.32 Å². The van der Waals surface area contributed by atoms with E-state index in [0.29, 0.717) is 36.3 Å². The maximum absolute atomic E-state index is 12.4. The molecule has 0 spiro atoms. The number of fused-ring (bicyclic) bond motifs is 1. The highest BCUT2D eigenvalue weighted by molar-refractivity contribution is 6.03.